The van der Waals surface area contributed by atoms with Crippen molar-refractivity contribution >= 4 is 17.9 Å². The van der Waals surface area contributed by atoms with Gasteiger partial charge in [-0.15, -0.1) is 0 Å². The van der Waals surface area contributed by atoms with Crippen LogP contribution >= 0.6 is 0 Å². The molecule has 22 heavy (non-hydrogen) atoms. The Hall–Kier alpha value is -3.08. The number of methoxy groups -OCH3 is 1. The predicted octanol–water partition coefficient (Wildman–Crippen LogP) is 3.19. The molecule has 1 aliphatic rings. The standard InChI is InChI=1S/C17H13NO4/c1-20-14-9-3-2-6-12(14)7-4-8-13-17(19)22-16(18-13)15-10-5-11-21-15/h2-11H,1H3/b7-4+,13-8+. The number of allylic oxidation sites excluding steroid dienone is 2. The Labute approximate surface area is 127 Å². The number of cyclic esters (lactones) is 1. The average molecular weight is 295 g/mol. The van der Waals surface area contributed by atoms with E-state index in [4.69, 9.17) is 13.9 Å². The van der Waals surface area contributed by atoms with Gasteiger partial charge in [-0.25, -0.2) is 9.79 Å². The van der Waals surface area contributed by atoms with Crippen LogP contribution in [0.4, 0.5) is 0 Å². The number of esters is 1. The zero-order valence-electron chi connectivity index (χ0n) is 11.9. The SMILES string of the molecule is COc1ccccc1/C=C/C=C1/N=C(c2ccco2)OC1=O. The Morgan fingerprint density at radius 1 is 1.18 bits per heavy atom. The quantitative estimate of drug-likeness (QED) is 0.642. The molecule has 0 amide bonds. The number of nitrogens with zero attached hydrogens (tertiary/aromatic N) is 1. The first-order chi connectivity index (χ1) is 10.8. The highest BCUT2D eigenvalue weighted by molar-refractivity contribution is 6.10. The lowest BCUT2D eigenvalue weighted by molar-refractivity contribution is -0.130. The molecule has 1 aromatic carbocycles. The minimum absolute atomic E-state index is 0.173. The molecule has 1 aromatic heterocycles. The highest BCUT2D eigenvalue weighted by Gasteiger charge is 2.25. The maximum absolute atomic E-state index is 11.7. The van der Waals surface area contributed by atoms with Gasteiger partial charge in [-0.3, -0.25) is 0 Å². The first-order valence-electron chi connectivity index (χ1n) is 6.64. The van der Waals surface area contributed by atoms with Crippen molar-refractivity contribution in [3.05, 3.63) is 71.8 Å². The molecule has 0 aliphatic carbocycles. The van der Waals surface area contributed by atoms with Crippen LogP contribution in [0.15, 0.2) is 69.9 Å². The summed E-state index contributed by atoms with van der Waals surface area (Å²) in [5.41, 5.74) is 1.13. The molecule has 0 saturated heterocycles. The van der Waals surface area contributed by atoms with E-state index in [1.54, 1.807) is 31.4 Å². The van der Waals surface area contributed by atoms with Gasteiger partial charge in [0.25, 0.3) is 5.90 Å². The fraction of sp³-hybridized carbons (Fsp3) is 0.0588. The van der Waals surface area contributed by atoms with E-state index in [-0.39, 0.29) is 11.6 Å². The summed E-state index contributed by atoms with van der Waals surface area (Å²) in [6.07, 6.45) is 6.64. The Morgan fingerprint density at radius 2 is 2.05 bits per heavy atom. The zero-order chi connectivity index (χ0) is 15.4. The number of carbonyl (C=O) groups is 1. The summed E-state index contributed by atoms with van der Waals surface area (Å²) in [7, 11) is 1.61. The van der Waals surface area contributed by atoms with Gasteiger partial charge in [0.2, 0.25) is 0 Å². The van der Waals surface area contributed by atoms with Gasteiger partial charge < -0.3 is 13.9 Å². The van der Waals surface area contributed by atoms with Crippen molar-refractivity contribution in [2.45, 2.75) is 0 Å². The van der Waals surface area contributed by atoms with Gasteiger partial charge in [0.1, 0.15) is 5.75 Å². The van der Waals surface area contributed by atoms with Crippen LogP contribution in [0.2, 0.25) is 0 Å². The molecule has 0 N–H and O–H groups in total. The van der Waals surface area contributed by atoms with E-state index in [1.807, 2.05) is 30.3 Å². The van der Waals surface area contributed by atoms with Crippen LogP contribution < -0.4 is 4.74 Å². The third-order valence-corrected chi connectivity index (χ3v) is 3.02. The van der Waals surface area contributed by atoms with Crippen LogP contribution in [0.25, 0.3) is 6.08 Å². The van der Waals surface area contributed by atoms with Crippen LogP contribution in [0.1, 0.15) is 11.3 Å². The summed E-state index contributed by atoms with van der Waals surface area (Å²) >= 11 is 0. The molecule has 1 aliphatic heterocycles. The Balaban J connectivity index is 1.80. The Kier molecular flexibility index (Phi) is 3.87. The van der Waals surface area contributed by atoms with Gasteiger partial charge in [0, 0.05) is 5.56 Å². The van der Waals surface area contributed by atoms with Gasteiger partial charge >= 0.3 is 5.97 Å². The topological polar surface area (TPSA) is 61.0 Å². The maximum atomic E-state index is 11.7. The number of hydrogen-bond acceptors (Lipinski definition) is 5. The number of hydrogen-bond donors (Lipinski definition) is 0. The maximum Gasteiger partial charge on any atom is 0.363 e. The van der Waals surface area contributed by atoms with Crippen molar-refractivity contribution in [2.24, 2.45) is 4.99 Å². The van der Waals surface area contributed by atoms with Crippen LogP contribution in [-0.2, 0) is 9.53 Å². The molecular weight excluding hydrogens is 282 g/mol. The molecule has 0 fully saturated rings. The normalized spacial score (nSPS) is 16.1. The van der Waals surface area contributed by atoms with E-state index in [0.29, 0.717) is 5.76 Å². The predicted molar refractivity (Wildman–Crippen MR) is 81.4 cm³/mol. The molecule has 0 saturated carbocycles. The van der Waals surface area contributed by atoms with E-state index in [1.165, 1.54) is 6.26 Å². The second kappa shape index (κ2) is 6.13. The minimum Gasteiger partial charge on any atom is -0.496 e. The molecule has 5 heteroatoms. The van der Waals surface area contributed by atoms with Crippen molar-refractivity contribution in [1.82, 2.24) is 0 Å². The molecule has 0 unspecified atom stereocenters. The number of rotatable bonds is 4. The second-order valence-electron chi connectivity index (χ2n) is 4.44. The smallest absolute Gasteiger partial charge is 0.363 e. The summed E-state index contributed by atoms with van der Waals surface area (Å²) in [6, 6.07) is 11.0. The molecule has 0 radical (unpaired) electrons. The van der Waals surface area contributed by atoms with Gasteiger partial charge in [0.05, 0.1) is 13.4 Å². The van der Waals surface area contributed by atoms with Crippen LogP contribution in [0, 0.1) is 0 Å². The monoisotopic (exact) mass is 295 g/mol. The lowest BCUT2D eigenvalue weighted by atomic mass is 10.2. The van der Waals surface area contributed by atoms with Gasteiger partial charge in [-0.1, -0.05) is 30.4 Å². The molecular formula is C17H13NO4. The van der Waals surface area contributed by atoms with E-state index in [2.05, 4.69) is 4.99 Å². The Bertz CT molecular complexity index is 770. The number of para-hydroxylation sites is 1. The van der Waals surface area contributed by atoms with Crippen LogP contribution in [0.3, 0.4) is 0 Å². The minimum atomic E-state index is -0.504. The molecule has 110 valence electrons. The number of aliphatic imine (C=N–C) groups is 1. The van der Waals surface area contributed by atoms with E-state index in [0.717, 1.165) is 11.3 Å². The number of furan rings is 1. The van der Waals surface area contributed by atoms with Crippen molar-refractivity contribution in [3.63, 3.8) is 0 Å². The number of benzene rings is 1. The van der Waals surface area contributed by atoms with Crippen molar-refractivity contribution < 1.29 is 18.7 Å². The van der Waals surface area contributed by atoms with Crippen molar-refractivity contribution in [2.75, 3.05) is 7.11 Å². The lowest BCUT2D eigenvalue weighted by Gasteiger charge is -2.02. The molecule has 0 atom stereocenters. The van der Waals surface area contributed by atoms with Crippen LogP contribution in [-0.4, -0.2) is 19.0 Å². The van der Waals surface area contributed by atoms with Gasteiger partial charge in [-0.05, 0) is 24.3 Å². The largest absolute Gasteiger partial charge is 0.496 e. The van der Waals surface area contributed by atoms with Crippen molar-refractivity contribution in [3.8, 4) is 5.75 Å². The first kappa shape index (κ1) is 13.9. The molecule has 3 rings (SSSR count). The zero-order valence-corrected chi connectivity index (χ0v) is 11.9. The summed E-state index contributed by atoms with van der Waals surface area (Å²) in [4.78, 5) is 15.9. The highest BCUT2D eigenvalue weighted by atomic mass is 16.6. The third kappa shape index (κ3) is 2.83. The second-order valence-corrected chi connectivity index (χ2v) is 4.44. The van der Waals surface area contributed by atoms with E-state index >= 15 is 0 Å². The molecule has 2 aromatic rings. The molecule has 0 bridgehead atoms. The molecule has 0 spiro atoms. The summed E-state index contributed by atoms with van der Waals surface area (Å²) in [5.74, 6) is 0.847. The first-order valence-corrected chi connectivity index (χ1v) is 6.64. The van der Waals surface area contributed by atoms with Crippen molar-refractivity contribution in [1.29, 1.82) is 0 Å². The number of ether oxygens (including phenoxy) is 2. The van der Waals surface area contributed by atoms with E-state index in [9.17, 15) is 4.79 Å². The third-order valence-electron chi connectivity index (χ3n) is 3.02. The summed E-state index contributed by atoms with van der Waals surface area (Å²) in [5, 5.41) is 0. The van der Waals surface area contributed by atoms with Gasteiger partial charge in [-0.2, -0.15) is 0 Å². The Morgan fingerprint density at radius 3 is 2.82 bits per heavy atom. The molecule has 5 nitrogen and oxygen atoms in total. The lowest BCUT2D eigenvalue weighted by Crippen LogP contribution is -2.03. The van der Waals surface area contributed by atoms with Gasteiger partial charge in [0.15, 0.2) is 11.5 Å². The summed E-state index contributed by atoms with van der Waals surface area (Å²) in [6.45, 7) is 0. The summed E-state index contributed by atoms with van der Waals surface area (Å²) < 4.78 is 15.5. The fourth-order valence-corrected chi connectivity index (χ4v) is 1.98. The number of carbonyl (C=O) groups excluding carboxylic acids is 1. The highest BCUT2D eigenvalue weighted by Crippen LogP contribution is 2.20. The molecule has 2 heterocycles. The van der Waals surface area contributed by atoms with Crippen LogP contribution in [0.5, 0.6) is 5.75 Å². The van der Waals surface area contributed by atoms with E-state index < -0.39 is 5.97 Å². The average Bonchev–Trinajstić information content (AvgIpc) is 3.18. The fourth-order valence-electron chi connectivity index (χ4n) is 1.98.